The molecule has 0 fully saturated rings. The molecule has 0 saturated heterocycles. The van der Waals surface area contributed by atoms with Crippen LogP contribution in [0.2, 0.25) is 0 Å². The number of anilines is 1. The Morgan fingerprint density at radius 2 is 1.90 bits per heavy atom. The highest BCUT2D eigenvalue weighted by molar-refractivity contribution is 5.93. The number of methoxy groups -OCH3 is 1. The Morgan fingerprint density at radius 3 is 2.55 bits per heavy atom. The van der Waals surface area contributed by atoms with Crippen LogP contribution in [0.25, 0.3) is 22.0 Å². The summed E-state index contributed by atoms with van der Waals surface area (Å²) in [5.74, 6) is 0. The van der Waals surface area contributed by atoms with Crippen LogP contribution in [0.1, 0.15) is 5.56 Å². The summed E-state index contributed by atoms with van der Waals surface area (Å²) >= 11 is 0. The number of hydrogen-bond acceptors (Lipinski definition) is 3. The molecule has 3 rings (SSSR count). The number of alkyl halides is 3. The maximum Gasteiger partial charge on any atom is 0.417 e. The standard InChI is InChI=1S/C20H17F3N2O4/c1-29-9-8-25(19(27)28)13-7-6-12-10-17(24-18(26)15(12)11-13)14-4-2-3-5-16(14)20(21,22)23/h2-7,10-11H,8-9H2,1H3,(H,24,26)(H,27,28). The molecule has 0 aliphatic carbocycles. The third kappa shape index (κ3) is 4.24. The topological polar surface area (TPSA) is 82.6 Å². The summed E-state index contributed by atoms with van der Waals surface area (Å²) in [6.07, 6.45) is -5.79. The molecule has 9 heteroatoms. The minimum Gasteiger partial charge on any atom is -0.465 e. The van der Waals surface area contributed by atoms with E-state index in [0.717, 1.165) is 11.0 Å². The van der Waals surface area contributed by atoms with Crippen LogP contribution in [0, 0.1) is 0 Å². The van der Waals surface area contributed by atoms with Crippen LogP contribution in [0.4, 0.5) is 23.7 Å². The molecule has 0 unspecified atom stereocenters. The molecule has 29 heavy (non-hydrogen) atoms. The van der Waals surface area contributed by atoms with Gasteiger partial charge in [-0.15, -0.1) is 0 Å². The summed E-state index contributed by atoms with van der Waals surface area (Å²) in [4.78, 5) is 27.5. The highest BCUT2D eigenvalue weighted by Gasteiger charge is 2.33. The Hall–Kier alpha value is -3.33. The average molecular weight is 406 g/mol. The average Bonchev–Trinajstić information content (AvgIpc) is 2.67. The number of benzene rings is 2. The number of amides is 1. The van der Waals surface area contributed by atoms with Gasteiger partial charge in [-0.05, 0) is 29.7 Å². The van der Waals surface area contributed by atoms with Crippen molar-refractivity contribution in [1.82, 2.24) is 4.98 Å². The van der Waals surface area contributed by atoms with Crippen molar-refractivity contribution in [2.24, 2.45) is 0 Å². The first-order valence-corrected chi connectivity index (χ1v) is 8.55. The van der Waals surface area contributed by atoms with Gasteiger partial charge >= 0.3 is 12.3 Å². The number of H-pyrrole nitrogens is 1. The number of hydrogen-bond donors (Lipinski definition) is 2. The Balaban J connectivity index is 2.11. The highest BCUT2D eigenvalue weighted by Crippen LogP contribution is 2.36. The van der Waals surface area contributed by atoms with E-state index < -0.39 is 23.4 Å². The molecule has 0 bridgehead atoms. The summed E-state index contributed by atoms with van der Waals surface area (Å²) in [5.41, 5.74) is -1.33. The van der Waals surface area contributed by atoms with Crippen LogP contribution in [-0.4, -0.2) is 36.4 Å². The highest BCUT2D eigenvalue weighted by atomic mass is 19.4. The second-order valence-corrected chi connectivity index (χ2v) is 6.25. The van der Waals surface area contributed by atoms with Crippen molar-refractivity contribution < 1.29 is 27.8 Å². The number of pyridine rings is 1. The van der Waals surface area contributed by atoms with Gasteiger partial charge in [-0.2, -0.15) is 13.2 Å². The van der Waals surface area contributed by atoms with E-state index >= 15 is 0 Å². The normalized spacial score (nSPS) is 11.6. The van der Waals surface area contributed by atoms with E-state index in [1.54, 1.807) is 0 Å². The number of nitrogens with zero attached hydrogens (tertiary/aromatic N) is 1. The van der Waals surface area contributed by atoms with Crippen LogP contribution in [0.3, 0.4) is 0 Å². The van der Waals surface area contributed by atoms with Gasteiger partial charge in [0.05, 0.1) is 18.7 Å². The van der Waals surface area contributed by atoms with Crippen molar-refractivity contribution in [2.75, 3.05) is 25.2 Å². The number of aromatic amines is 1. The number of carbonyl (C=O) groups is 1. The first-order valence-electron chi connectivity index (χ1n) is 8.55. The van der Waals surface area contributed by atoms with Crippen LogP contribution in [0.5, 0.6) is 0 Å². The quantitative estimate of drug-likeness (QED) is 0.660. The van der Waals surface area contributed by atoms with Crippen molar-refractivity contribution in [3.05, 3.63) is 64.4 Å². The third-order valence-electron chi connectivity index (χ3n) is 4.41. The van der Waals surface area contributed by atoms with E-state index in [0.29, 0.717) is 5.39 Å². The SMILES string of the molecule is COCCN(C(=O)O)c1ccc2cc(-c3ccccc3C(F)(F)F)[nH]c(=O)c2c1. The molecule has 0 radical (unpaired) electrons. The van der Waals surface area contributed by atoms with Gasteiger partial charge in [0.25, 0.3) is 5.56 Å². The predicted octanol–water partition coefficient (Wildman–Crippen LogP) is 4.34. The fourth-order valence-corrected chi connectivity index (χ4v) is 3.04. The molecule has 152 valence electrons. The number of rotatable bonds is 5. The van der Waals surface area contributed by atoms with E-state index in [9.17, 15) is 27.9 Å². The van der Waals surface area contributed by atoms with Crippen molar-refractivity contribution in [2.45, 2.75) is 6.18 Å². The Morgan fingerprint density at radius 1 is 1.17 bits per heavy atom. The summed E-state index contributed by atoms with van der Waals surface area (Å²) in [7, 11) is 1.44. The van der Waals surface area contributed by atoms with E-state index in [1.165, 1.54) is 49.6 Å². The molecular weight excluding hydrogens is 389 g/mol. The van der Waals surface area contributed by atoms with Crippen molar-refractivity contribution in [3.63, 3.8) is 0 Å². The maximum atomic E-state index is 13.3. The Kier molecular flexibility index (Phi) is 5.60. The molecule has 0 aliphatic rings. The predicted molar refractivity (Wildman–Crippen MR) is 102 cm³/mol. The molecule has 0 atom stereocenters. The lowest BCUT2D eigenvalue weighted by atomic mass is 10.0. The molecule has 0 spiro atoms. The number of aromatic nitrogens is 1. The number of ether oxygens (including phenoxy) is 1. The molecule has 6 nitrogen and oxygen atoms in total. The van der Waals surface area contributed by atoms with Crippen molar-refractivity contribution in [3.8, 4) is 11.3 Å². The van der Waals surface area contributed by atoms with Crippen LogP contribution in [-0.2, 0) is 10.9 Å². The lowest BCUT2D eigenvalue weighted by molar-refractivity contribution is -0.137. The zero-order valence-corrected chi connectivity index (χ0v) is 15.3. The summed E-state index contributed by atoms with van der Waals surface area (Å²) in [6.45, 7) is 0.222. The fourth-order valence-electron chi connectivity index (χ4n) is 3.04. The van der Waals surface area contributed by atoms with Gasteiger partial charge in [0, 0.05) is 29.4 Å². The zero-order chi connectivity index (χ0) is 21.2. The summed E-state index contributed by atoms with van der Waals surface area (Å²) < 4.78 is 44.8. The number of halogens is 3. The van der Waals surface area contributed by atoms with Gasteiger partial charge < -0.3 is 14.8 Å². The van der Waals surface area contributed by atoms with E-state index in [-0.39, 0.29) is 35.5 Å². The lowest BCUT2D eigenvalue weighted by Gasteiger charge is -2.19. The zero-order valence-electron chi connectivity index (χ0n) is 15.3. The minimum atomic E-state index is -4.57. The van der Waals surface area contributed by atoms with E-state index in [1.807, 2.05) is 0 Å². The first-order chi connectivity index (χ1) is 13.7. The summed E-state index contributed by atoms with van der Waals surface area (Å²) in [5, 5.41) is 9.93. The monoisotopic (exact) mass is 406 g/mol. The molecule has 3 aromatic rings. The van der Waals surface area contributed by atoms with Crippen molar-refractivity contribution >= 4 is 22.6 Å². The number of carboxylic acid groups (broad SMARTS) is 1. The van der Waals surface area contributed by atoms with Gasteiger partial charge in [-0.1, -0.05) is 24.3 Å². The molecule has 0 aliphatic heterocycles. The van der Waals surface area contributed by atoms with Crippen molar-refractivity contribution in [1.29, 1.82) is 0 Å². The van der Waals surface area contributed by atoms with Crippen LogP contribution in [0.15, 0.2) is 53.3 Å². The second-order valence-electron chi connectivity index (χ2n) is 6.25. The minimum absolute atomic E-state index is 0.0256. The van der Waals surface area contributed by atoms with Gasteiger partial charge in [0.1, 0.15) is 0 Å². The van der Waals surface area contributed by atoms with Gasteiger partial charge in [0.2, 0.25) is 0 Å². The smallest absolute Gasteiger partial charge is 0.417 e. The molecule has 2 aromatic carbocycles. The number of fused-ring (bicyclic) bond motifs is 1. The van der Waals surface area contributed by atoms with Crippen LogP contribution < -0.4 is 10.5 Å². The molecule has 1 aromatic heterocycles. The first kappa shape index (κ1) is 20.4. The molecule has 2 N–H and O–H groups in total. The molecule has 0 saturated carbocycles. The van der Waals surface area contributed by atoms with Gasteiger partial charge in [-0.3, -0.25) is 9.69 Å². The lowest BCUT2D eigenvalue weighted by Crippen LogP contribution is -2.32. The molecule has 1 heterocycles. The number of nitrogens with one attached hydrogen (secondary N) is 1. The van der Waals surface area contributed by atoms with Gasteiger partial charge in [-0.25, -0.2) is 4.79 Å². The molecular formula is C20H17F3N2O4. The largest absolute Gasteiger partial charge is 0.465 e. The van der Waals surface area contributed by atoms with E-state index in [2.05, 4.69) is 4.98 Å². The van der Waals surface area contributed by atoms with Crippen LogP contribution >= 0.6 is 0 Å². The fraction of sp³-hybridized carbons (Fsp3) is 0.200. The molecule has 1 amide bonds. The van der Waals surface area contributed by atoms with Gasteiger partial charge in [0.15, 0.2) is 0 Å². The Labute approximate surface area is 163 Å². The third-order valence-corrected chi connectivity index (χ3v) is 4.41. The Bertz CT molecular complexity index is 1110. The second kappa shape index (κ2) is 7.96. The maximum absolute atomic E-state index is 13.3. The summed E-state index contributed by atoms with van der Waals surface area (Å²) in [6, 6.07) is 10.8. The van der Waals surface area contributed by atoms with E-state index in [4.69, 9.17) is 4.74 Å².